The molecule has 9 nitrogen and oxygen atoms in total. The number of nitro benzene ring substituents is 1. The Bertz CT molecular complexity index is 1120. The third kappa shape index (κ3) is 11.5. The Morgan fingerprint density at radius 3 is 1.87 bits per heavy atom. The highest BCUT2D eigenvalue weighted by atomic mass is 32.2. The molecule has 2 aromatic carbocycles. The van der Waals surface area contributed by atoms with Crippen LogP contribution in [-0.4, -0.2) is 24.4 Å². The lowest BCUT2D eigenvalue weighted by Crippen LogP contribution is -2.14. The maximum Gasteiger partial charge on any atom is 0.269 e. The molecule has 0 bridgehead atoms. The molecule has 3 N–H and O–H groups in total. The van der Waals surface area contributed by atoms with Gasteiger partial charge in [-0.25, -0.2) is 8.42 Å². The second-order valence-corrected chi connectivity index (χ2v) is 11.3. The molecule has 2 aromatic rings. The normalized spacial score (nSPS) is 11.3. The largest absolute Gasteiger partial charge is 0.506 e. The summed E-state index contributed by atoms with van der Waals surface area (Å²) in [4.78, 5) is 22.2. The smallest absolute Gasteiger partial charge is 0.269 e. The number of non-ortho nitro benzene ring substituents is 1. The second-order valence-electron chi connectivity index (χ2n) is 9.63. The number of carbonyl (C=O) groups excluding carboxylic acids is 1. The average molecular weight is 548 g/mol. The van der Waals surface area contributed by atoms with Crippen LogP contribution in [0.2, 0.25) is 0 Å². The van der Waals surface area contributed by atoms with Crippen molar-refractivity contribution in [2.45, 2.75) is 102 Å². The summed E-state index contributed by atoms with van der Waals surface area (Å²) in [7, 11) is -4.01. The summed E-state index contributed by atoms with van der Waals surface area (Å²) in [5.74, 6) is -0.477. The lowest BCUT2D eigenvalue weighted by atomic mass is 10.0. The van der Waals surface area contributed by atoms with Crippen LogP contribution in [-0.2, 0) is 14.8 Å². The van der Waals surface area contributed by atoms with E-state index >= 15 is 0 Å². The van der Waals surface area contributed by atoms with Crippen LogP contribution < -0.4 is 10.0 Å². The number of nitrogens with zero attached hydrogens (tertiary/aromatic N) is 1. The van der Waals surface area contributed by atoms with E-state index in [9.17, 15) is 28.4 Å². The summed E-state index contributed by atoms with van der Waals surface area (Å²) < 4.78 is 27.4. The van der Waals surface area contributed by atoms with Crippen molar-refractivity contribution in [1.82, 2.24) is 0 Å². The highest BCUT2D eigenvalue weighted by molar-refractivity contribution is 7.92. The molecular weight excluding hydrogens is 506 g/mol. The van der Waals surface area contributed by atoms with E-state index in [1.807, 2.05) is 0 Å². The van der Waals surface area contributed by atoms with Crippen molar-refractivity contribution in [2.24, 2.45) is 0 Å². The van der Waals surface area contributed by atoms with E-state index in [-0.39, 0.29) is 33.6 Å². The first kappa shape index (κ1) is 31.1. The number of rotatable bonds is 19. The first-order valence-corrected chi connectivity index (χ1v) is 15.1. The van der Waals surface area contributed by atoms with Gasteiger partial charge in [0.05, 0.1) is 21.2 Å². The number of aromatic hydroxyl groups is 1. The van der Waals surface area contributed by atoms with E-state index in [2.05, 4.69) is 17.0 Å². The Kier molecular flexibility index (Phi) is 13.6. The minimum Gasteiger partial charge on any atom is -0.506 e. The molecule has 0 saturated heterocycles. The van der Waals surface area contributed by atoms with Gasteiger partial charge in [-0.05, 0) is 30.7 Å². The number of nitrogens with one attached hydrogen (secondary N) is 2. The molecule has 0 aliphatic carbocycles. The minimum absolute atomic E-state index is 0.0929. The summed E-state index contributed by atoms with van der Waals surface area (Å²) in [6.45, 7) is 2.24. The monoisotopic (exact) mass is 547 g/mol. The van der Waals surface area contributed by atoms with Crippen molar-refractivity contribution in [1.29, 1.82) is 0 Å². The topological polar surface area (TPSA) is 139 Å². The molecular formula is C28H41N3O6S. The predicted molar refractivity (Wildman–Crippen MR) is 151 cm³/mol. The predicted octanol–water partition coefficient (Wildman–Crippen LogP) is 7.52. The molecule has 38 heavy (non-hydrogen) atoms. The van der Waals surface area contributed by atoms with Crippen LogP contribution in [0.15, 0.2) is 47.4 Å². The molecule has 0 spiro atoms. The molecule has 0 aliphatic rings. The Labute approximate surface area is 226 Å². The fraction of sp³-hybridized carbons (Fsp3) is 0.536. The van der Waals surface area contributed by atoms with Crippen molar-refractivity contribution < 1.29 is 23.2 Å². The highest BCUT2D eigenvalue weighted by Crippen LogP contribution is 2.29. The summed E-state index contributed by atoms with van der Waals surface area (Å²) in [5, 5.41) is 23.7. The van der Waals surface area contributed by atoms with Crippen molar-refractivity contribution in [2.75, 3.05) is 10.0 Å². The zero-order valence-electron chi connectivity index (χ0n) is 22.3. The van der Waals surface area contributed by atoms with Crippen LogP contribution in [0.3, 0.4) is 0 Å². The first-order valence-electron chi connectivity index (χ1n) is 13.6. The molecule has 0 aromatic heterocycles. The molecule has 1 amide bonds. The fourth-order valence-electron chi connectivity index (χ4n) is 4.18. The molecule has 0 unspecified atom stereocenters. The van der Waals surface area contributed by atoms with Crippen LogP contribution in [0.1, 0.15) is 96.8 Å². The van der Waals surface area contributed by atoms with E-state index in [4.69, 9.17) is 0 Å². The van der Waals surface area contributed by atoms with Crippen LogP contribution in [0.5, 0.6) is 5.75 Å². The Morgan fingerprint density at radius 1 is 0.842 bits per heavy atom. The standard InChI is InChI=1S/C28H41N3O6S/c1-2-3-4-5-6-7-8-9-10-11-12-13-14-15-28(33)29-26-21-16-23(22-27(26)32)30-38(36,37)25-19-17-24(18-20-25)31(34)35/h16-22,30,32H,2-15H2,1H3,(H,29,33). The molecule has 2 rings (SSSR count). The van der Waals surface area contributed by atoms with Crippen molar-refractivity contribution in [3.63, 3.8) is 0 Å². The van der Waals surface area contributed by atoms with Gasteiger partial charge in [0, 0.05) is 24.6 Å². The van der Waals surface area contributed by atoms with Gasteiger partial charge in [0.2, 0.25) is 5.91 Å². The lowest BCUT2D eigenvalue weighted by Gasteiger charge is -2.11. The number of benzene rings is 2. The molecule has 10 heteroatoms. The lowest BCUT2D eigenvalue weighted by molar-refractivity contribution is -0.384. The maximum absolute atomic E-state index is 12.5. The Balaban J connectivity index is 1.66. The van der Waals surface area contributed by atoms with Crippen LogP contribution in [0, 0.1) is 10.1 Å². The SMILES string of the molecule is CCCCCCCCCCCCCCCC(=O)Nc1ccc(NS(=O)(=O)c2ccc([N+](=O)[O-])cc2)cc1O. The molecule has 0 aliphatic heterocycles. The maximum atomic E-state index is 12.5. The number of amides is 1. The molecule has 0 radical (unpaired) electrons. The third-order valence-corrected chi connectivity index (χ3v) is 7.79. The number of hydrogen-bond donors (Lipinski definition) is 3. The van der Waals surface area contributed by atoms with Gasteiger partial charge in [-0.3, -0.25) is 19.6 Å². The molecule has 0 saturated carbocycles. The number of nitro groups is 1. The fourth-order valence-corrected chi connectivity index (χ4v) is 5.23. The summed E-state index contributed by atoms with van der Waals surface area (Å²) in [6.07, 6.45) is 16.3. The quantitative estimate of drug-likeness (QED) is 0.0719. The number of hydrogen-bond acceptors (Lipinski definition) is 6. The van der Waals surface area contributed by atoms with E-state index in [0.717, 1.165) is 43.5 Å². The van der Waals surface area contributed by atoms with Gasteiger partial charge < -0.3 is 10.4 Å². The number of unbranched alkanes of at least 4 members (excludes halogenated alkanes) is 12. The van der Waals surface area contributed by atoms with Gasteiger partial charge in [-0.2, -0.15) is 0 Å². The zero-order valence-corrected chi connectivity index (χ0v) is 23.1. The third-order valence-electron chi connectivity index (χ3n) is 6.39. The molecule has 0 heterocycles. The van der Waals surface area contributed by atoms with Gasteiger partial charge in [0.15, 0.2) is 0 Å². The van der Waals surface area contributed by atoms with E-state index in [0.29, 0.717) is 6.42 Å². The second kappa shape index (κ2) is 16.7. The van der Waals surface area contributed by atoms with E-state index in [1.54, 1.807) is 0 Å². The minimum atomic E-state index is -4.01. The van der Waals surface area contributed by atoms with E-state index < -0.39 is 14.9 Å². The van der Waals surface area contributed by atoms with E-state index in [1.165, 1.54) is 82.4 Å². The van der Waals surface area contributed by atoms with Crippen molar-refractivity contribution in [3.05, 3.63) is 52.6 Å². The molecule has 210 valence electrons. The zero-order chi connectivity index (χ0) is 27.8. The summed E-state index contributed by atoms with van der Waals surface area (Å²) >= 11 is 0. The molecule has 0 fully saturated rings. The number of anilines is 2. The van der Waals surface area contributed by atoms with Gasteiger partial charge in [0.1, 0.15) is 5.75 Å². The number of phenolic OH excluding ortho intramolecular Hbond substituents is 1. The molecule has 0 atom stereocenters. The van der Waals surface area contributed by atoms with Gasteiger partial charge in [-0.1, -0.05) is 84.0 Å². The van der Waals surface area contributed by atoms with Crippen LogP contribution >= 0.6 is 0 Å². The van der Waals surface area contributed by atoms with Gasteiger partial charge >= 0.3 is 0 Å². The Hall–Kier alpha value is -3.14. The number of sulfonamides is 1. The van der Waals surface area contributed by atoms with Crippen molar-refractivity contribution >= 4 is 33.0 Å². The Morgan fingerprint density at radius 2 is 1.37 bits per heavy atom. The van der Waals surface area contributed by atoms with Crippen LogP contribution in [0.25, 0.3) is 0 Å². The van der Waals surface area contributed by atoms with Crippen LogP contribution in [0.4, 0.5) is 17.1 Å². The summed E-state index contributed by atoms with van der Waals surface area (Å²) in [5.41, 5.74) is 0.0683. The summed E-state index contributed by atoms with van der Waals surface area (Å²) in [6, 6.07) is 8.50. The average Bonchev–Trinajstić information content (AvgIpc) is 2.88. The number of phenols is 1. The number of carbonyl (C=O) groups is 1. The van der Waals surface area contributed by atoms with Crippen molar-refractivity contribution in [3.8, 4) is 5.75 Å². The highest BCUT2D eigenvalue weighted by Gasteiger charge is 2.17. The van der Waals surface area contributed by atoms with Gasteiger partial charge in [-0.15, -0.1) is 0 Å². The van der Waals surface area contributed by atoms with Gasteiger partial charge in [0.25, 0.3) is 15.7 Å². The first-order chi connectivity index (χ1) is 18.2.